The van der Waals surface area contributed by atoms with Crippen molar-refractivity contribution >= 4 is 0 Å². The second-order valence-electron chi connectivity index (χ2n) is 11.4. The van der Waals surface area contributed by atoms with Crippen LogP contribution in [0.15, 0.2) is 12.1 Å². The number of hydrogen-bond donors (Lipinski definition) is 1. The summed E-state index contributed by atoms with van der Waals surface area (Å²) >= 11 is 0. The minimum absolute atomic E-state index is 0.0450. The van der Waals surface area contributed by atoms with Crippen LogP contribution in [0, 0.1) is 22.8 Å². The summed E-state index contributed by atoms with van der Waals surface area (Å²) in [4.78, 5) is 2.04. The zero-order chi connectivity index (χ0) is 23.2. The highest BCUT2D eigenvalue weighted by atomic mass is 16.6. The fourth-order valence-electron chi connectivity index (χ4n) is 9.16. The Labute approximate surface area is 196 Å². The van der Waals surface area contributed by atoms with E-state index < -0.39 is 11.2 Å². The molecule has 6 aliphatic rings. The molecule has 2 aliphatic heterocycles. The Morgan fingerprint density at radius 3 is 2.82 bits per heavy atom. The molecular weight excluding hydrogens is 416 g/mol. The maximum atomic E-state index is 11.9. The summed E-state index contributed by atoms with van der Waals surface area (Å²) in [5.74, 6) is 1.62. The van der Waals surface area contributed by atoms with Crippen molar-refractivity contribution in [1.82, 2.24) is 4.90 Å². The molecule has 1 aromatic rings. The summed E-state index contributed by atoms with van der Waals surface area (Å²) in [5.41, 5.74) is 0.878. The standard InChI is InChI=1S/C27H36N2O4/c1-5-6-9-24(2,30)19-15-25-10-11-27(19,32-4)23-26(25)12-13-29(16-28)20(25)14-17-7-8-18(31-3)22(33-23)21(17)26/h7-8,19-20,23,30H,5-6,9-15H2,1-4H3/t19-,20?,23-,24-,25-,26?,27-/m1/s1. The lowest BCUT2D eigenvalue weighted by Crippen LogP contribution is -2.82. The molecule has 1 saturated heterocycles. The van der Waals surface area contributed by atoms with E-state index in [0.29, 0.717) is 0 Å². The first-order valence-corrected chi connectivity index (χ1v) is 12.7. The highest BCUT2D eigenvalue weighted by Crippen LogP contribution is 2.77. The van der Waals surface area contributed by atoms with E-state index >= 15 is 0 Å². The van der Waals surface area contributed by atoms with E-state index in [9.17, 15) is 10.4 Å². The van der Waals surface area contributed by atoms with Crippen LogP contribution in [-0.4, -0.2) is 54.1 Å². The Bertz CT molecular complexity index is 1030. The van der Waals surface area contributed by atoms with E-state index in [1.54, 1.807) is 7.11 Å². The number of nitriles is 1. The summed E-state index contributed by atoms with van der Waals surface area (Å²) in [6, 6.07) is 4.33. The lowest BCUT2D eigenvalue weighted by Gasteiger charge is -2.74. The Hall–Kier alpha value is -1.97. The fraction of sp³-hybridized carbons (Fsp3) is 0.741. The van der Waals surface area contributed by atoms with Gasteiger partial charge in [0.15, 0.2) is 17.7 Å². The van der Waals surface area contributed by atoms with Crippen LogP contribution < -0.4 is 9.47 Å². The van der Waals surface area contributed by atoms with E-state index in [1.165, 1.54) is 11.1 Å². The molecule has 4 aliphatic carbocycles. The number of piperidine rings is 1. The van der Waals surface area contributed by atoms with Crippen molar-refractivity contribution in [3.8, 4) is 17.7 Å². The lowest BCUT2D eigenvalue weighted by molar-refractivity contribution is -0.300. The van der Waals surface area contributed by atoms with Gasteiger partial charge in [0, 0.05) is 42.0 Å². The highest BCUT2D eigenvalue weighted by molar-refractivity contribution is 5.63. The number of likely N-dealkylation sites (tertiary alicyclic amines) is 1. The molecule has 0 aromatic heterocycles. The monoisotopic (exact) mass is 452 g/mol. The van der Waals surface area contributed by atoms with E-state index in [1.807, 2.05) is 25.0 Å². The van der Waals surface area contributed by atoms with E-state index in [2.05, 4.69) is 19.2 Å². The van der Waals surface area contributed by atoms with Gasteiger partial charge in [-0.05, 0) is 57.1 Å². The molecule has 1 aromatic carbocycles. The molecule has 33 heavy (non-hydrogen) atoms. The number of fused-ring (bicyclic) bond motifs is 2. The molecule has 4 fully saturated rings. The molecule has 7 atom stereocenters. The van der Waals surface area contributed by atoms with Gasteiger partial charge in [0.05, 0.1) is 12.7 Å². The minimum atomic E-state index is -0.852. The highest BCUT2D eigenvalue weighted by Gasteiger charge is 2.82. The number of hydrogen-bond acceptors (Lipinski definition) is 6. The predicted octanol–water partition coefficient (Wildman–Crippen LogP) is 3.93. The maximum absolute atomic E-state index is 11.9. The van der Waals surface area contributed by atoms with Gasteiger partial charge in [-0.15, -0.1) is 0 Å². The fourth-order valence-corrected chi connectivity index (χ4v) is 9.16. The van der Waals surface area contributed by atoms with Gasteiger partial charge >= 0.3 is 0 Å². The first-order valence-electron chi connectivity index (χ1n) is 12.7. The molecule has 2 heterocycles. The molecule has 2 unspecified atom stereocenters. The average Bonchev–Trinajstić information content (AvgIpc) is 3.19. The zero-order valence-corrected chi connectivity index (χ0v) is 20.3. The third-order valence-corrected chi connectivity index (χ3v) is 10.5. The normalized spacial score (nSPS) is 41.1. The largest absolute Gasteiger partial charge is 0.493 e. The van der Waals surface area contributed by atoms with Crippen LogP contribution in [0.5, 0.6) is 11.5 Å². The van der Waals surface area contributed by atoms with Gasteiger partial charge in [0.1, 0.15) is 11.7 Å². The van der Waals surface area contributed by atoms with Gasteiger partial charge in [0.25, 0.3) is 0 Å². The molecule has 1 N–H and O–H groups in total. The second kappa shape index (κ2) is 6.79. The number of unbranched alkanes of at least 4 members (excludes halogenated alkanes) is 1. The summed E-state index contributed by atoms with van der Waals surface area (Å²) in [7, 11) is 3.52. The first kappa shape index (κ1) is 21.6. The number of ether oxygens (including phenoxy) is 3. The van der Waals surface area contributed by atoms with Crippen LogP contribution in [0.4, 0.5) is 0 Å². The van der Waals surface area contributed by atoms with Crippen molar-refractivity contribution in [3.05, 3.63) is 23.3 Å². The van der Waals surface area contributed by atoms with Gasteiger partial charge in [-0.1, -0.05) is 25.8 Å². The van der Waals surface area contributed by atoms with Gasteiger partial charge in [-0.25, -0.2) is 0 Å². The second-order valence-corrected chi connectivity index (χ2v) is 11.4. The van der Waals surface area contributed by atoms with Crippen LogP contribution in [-0.2, 0) is 16.6 Å². The number of benzene rings is 1. The van der Waals surface area contributed by atoms with Crippen LogP contribution in [0.2, 0.25) is 0 Å². The summed E-state index contributed by atoms with van der Waals surface area (Å²) in [6.45, 7) is 4.92. The smallest absolute Gasteiger partial charge is 0.179 e. The Kier molecular flexibility index (Phi) is 4.44. The number of nitrogens with zero attached hydrogens (tertiary/aromatic N) is 2. The van der Waals surface area contributed by atoms with Crippen molar-refractivity contribution in [2.75, 3.05) is 20.8 Å². The van der Waals surface area contributed by atoms with Crippen molar-refractivity contribution in [2.24, 2.45) is 11.3 Å². The Balaban J connectivity index is 1.61. The SMILES string of the molecule is CCCC[C@@](C)(O)[C@H]1C[C@@]23CC[C@]1(OC)[C@@H]1Oc4c(OC)ccc5c4C12CCN(C#N)C3C5. The molecule has 0 amide bonds. The van der Waals surface area contributed by atoms with Crippen LogP contribution >= 0.6 is 0 Å². The maximum Gasteiger partial charge on any atom is 0.179 e. The van der Waals surface area contributed by atoms with Crippen molar-refractivity contribution < 1.29 is 19.3 Å². The molecule has 6 heteroatoms. The molecule has 2 spiro atoms. The van der Waals surface area contributed by atoms with Crippen molar-refractivity contribution in [3.63, 3.8) is 0 Å². The Morgan fingerprint density at radius 1 is 1.30 bits per heavy atom. The van der Waals surface area contributed by atoms with Crippen LogP contribution in [0.3, 0.4) is 0 Å². The molecule has 3 saturated carbocycles. The van der Waals surface area contributed by atoms with Gasteiger partial charge < -0.3 is 24.2 Å². The van der Waals surface area contributed by atoms with Crippen LogP contribution in [0.1, 0.15) is 69.9 Å². The van der Waals surface area contributed by atoms with E-state index in [-0.39, 0.29) is 28.9 Å². The third kappa shape index (κ3) is 2.27. The summed E-state index contributed by atoms with van der Waals surface area (Å²) in [6.07, 6.45) is 9.60. The first-order chi connectivity index (χ1) is 15.8. The quantitative estimate of drug-likeness (QED) is 0.659. The molecular formula is C27H36N2O4. The average molecular weight is 453 g/mol. The number of aliphatic hydroxyl groups is 1. The van der Waals surface area contributed by atoms with Gasteiger partial charge in [-0.3, -0.25) is 0 Å². The summed E-state index contributed by atoms with van der Waals surface area (Å²) in [5, 5.41) is 22.0. The third-order valence-electron chi connectivity index (χ3n) is 10.5. The van der Waals surface area contributed by atoms with Crippen molar-refractivity contribution in [2.45, 2.75) is 94.0 Å². The van der Waals surface area contributed by atoms with E-state index in [0.717, 1.165) is 69.4 Å². The minimum Gasteiger partial charge on any atom is -0.493 e. The number of methoxy groups -OCH3 is 2. The van der Waals surface area contributed by atoms with E-state index in [4.69, 9.17) is 14.2 Å². The van der Waals surface area contributed by atoms with Gasteiger partial charge in [0.2, 0.25) is 0 Å². The number of rotatable bonds is 6. The zero-order valence-electron chi connectivity index (χ0n) is 20.3. The molecule has 7 rings (SSSR count). The molecule has 0 radical (unpaired) electrons. The predicted molar refractivity (Wildman–Crippen MR) is 123 cm³/mol. The molecule has 4 bridgehead atoms. The molecule has 6 nitrogen and oxygen atoms in total. The molecule has 178 valence electrons. The van der Waals surface area contributed by atoms with Crippen LogP contribution in [0.25, 0.3) is 0 Å². The topological polar surface area (TPSA) is 75.0 Å². The lowest BCUT2D eigenvalue weighted by atomic mass is 9.33. The van der Waals surface area contributed by atoms with Gasteiger partial charge in [-0.2, -0.15) is 5.26 Å². The Morgan fingerprint density at radius 2 is 2.12 bits per heavy atom. The van der Waals surface area contributed by atoms with Crippen molar-refractivity contribution in [1.29, 1.82) is 5.26 Å². The summed E-state index contributed by atoms with van der Waals surface area (Å²) < 4.78 is 19.2.